The van der Waals surface area contributed by atoms with Gasteiger partial charge in [0.1, 0.15) is 18.0 Å². The standard InChI is InChI=1S/C28H24FN7OS/c1-16-25(14-33-36(16)24-9-22-4-5-23(10-24)35(22)17(2)37)19-8-27(28-20(12-31)13-32-34(28)15-19)38-26-6-3-21(29)7-18(26)11-30/h3,6-8,13-15,22-24H,4-5,9-10H2,1-2H3/t22-,23+,24-. The summed E-state index contributed by atoms with van der Waals surface area (Å²) in [7, 11) is 0. The van der Waals surface area contributed by atoms with E-state index in [1.165, 1.54) is 30.1 Å². The summed E-state index contributed by atoms with van der Waals surface area (Å²) in [6, 6.07) is 11.1. The first-order valence-electron chi connectivity index (χ1n) is 12.5. The van der Waals surface area contributed by atoms with Crippen molar-refractivity contribution in [1.29, 1.82) is 10.5 Å². The van der Waals surface area contributed by atoms with E-state index in [4.69, 9.17) is 5.10 Å². The molecule has 10 heteroatoms. The molecule has 1 amide bonds. The fraction of sp³-hybridized carbons (Fsp3) is 0.321. The predicted octanol–water partition coefficient (Wildman–Crippen LogP) is 5.25. The lowest BCUT2D eigenvalue weighted by atomic mass is 9.97. The van der Waals surface area contributed by atoms with E-state index in [0.29, 0.717) is 16.0 Å². The molecule has 0 unspecified atom stereocenters. The first-order valence-corrected chi connectivity index (χ1v) is 13.3. The second-order valence-electron chi connectivity index (χ2n) is 9.94. The summed E-state index contributed by atoms with van der Waals surface area (Å²) < 4.78 is 17.5. The zero-order chi connectivity index (χ0) is 26.6. The van der Waals surface area contributed by atoms with Crippen molar-refractivity contribution in [2.24, 2.45) is 0 Å². The molecular formula is C28H24FN7OS. The number of nitriles is 2. The molecule has 6 rings (SSSR count). The fourth-order valence-electron chi connectivity index (χ4n) is 6.13. The van der Waals surface area contributed by atoms with Crippen LogP contribution in [0.15, 0.2) is 52.6 Å². The van der Waals surface area contributed by atoms with Crippen molar-refractivity contribution in [2.75, 3.05) is 0 Å². The van der Waals surface area contributed by atoms with Crippen LogP contribution < -0.4 is 0 Å². The van der Waals surface area contributed by atoms with Gasteiger partial charge in [-0.1, -0.05) is 11.8 Å². The zero-order valence-electron chi connectivity index (χ0n) is 20.9. The number of fused-ring (bicyclic) bond motifs is 3. The number of nitrogens with zero attached hydrogens (tertiary/aromatic N) is 7. The van der Waals surface area contributed by atoms with Gasteiger partial charge in [-0.2, -0.15) is 20.7 Å². The Balaban J connectivity index is 1.39. The summed E-state index contributed by atoms with van der Waals surface area (Å²) in [4.78, 5) is 15.5. The molecule has 1 aromatic carbocycles. The Kier molecular flexibility index (Phi) is 5.93. The highest BCUT2D eigenvalue weighted by molar-refractivity contribution is 7.99. The van der Waals surface area contributed by atoms with Crippen molar-refractivity contribution in [2.45, 2.75) is 67.4 Å². The number of hydrogen-bond acceptors (Lipinski definition) is 6. The molecule has 0 N–H and O–H groups in total. The summed E-state index contributed by atoms with van der Waals surface area (Å²) in [6.07, 6.45) is 9.13. The SMILES string of the molecule is CC(=O)N1[C@@H]2CC[C@H]1C[C@H](n1ncc(-c3cc(Sc4ccc(F)cc4C#N)c4c(C#N)cnn4c3)c1C)C2. The van der Waals surface area contributed by atoms with Crippen molar-refractivity contribution in [1.82, 2.24) is 24.3 Å². The van der Waals surface area contributed by atoms with Gasteiger partial charge in [-0.25, -0.2) is 8.91 Å². The van der Waals surface area contributed by atoms with Crippen LogP contribution in [0.3, 0.4) is 0 Å². The van der Waals surface area contributed by atoms with Crippen LogP contribution in [0.5, 0.6) is 0 Å². The maximum absolute atomic E-state index is 13.7. The van der Waals surface area contributed by atoms with E-state index in [0.717, 1.165) is 47.4 Å². The Labute approximate surface area is 223 Å². The normalized spacial score (nSPS) is 20.4. The first-order chi connectivity index (χ1) is 18.4. The molecule has 2 bridgehead atoms. The van der Waals surface area contributed by atoms with Crippen molar-refractivity contribution < 1.29 is 9.18 Å². The molecule has 2 saturated heterocycles. The average Bonchev–Trinajstić information content (AvgIpc) is 3.58. The number of piperidine rings is 1. The van der Waals surface area contributed by atoms with Gasteiger partial charge >= 0.3 is 0 Å². The third-order valence-electron chi connectivity index (χ3n) is 7.75. The monoisotopic (exact) mass is 525 g/mol. The number of pyridine rings is 1. The lowest BCUT2D eigenvalue weighted by Gasteiger charge is -2.38. The molecule has 0 saturated carbocycles. The van der Waals surface area contributed by atoms with E-state index in [9.17, 15) is 19.7 Å². The number of aromatic nitrogens is 4. The molecule has 0 radical (unpaired) electrons. The molecule has 38 heavy (non-hydrogen) atoms. The summed E-state index contributed by atoms with van der Waals surface area (Å²) in [5.41, 5.74) is 4.12. The van der Waals surface area contributed by atoms with E-state index in [1.54, 1.807) is 17.5 Å². The van der Waals surface area contributed by atoms with Gasteiger partial charge in [-0.3, -0.25) is 9.48 Å². The number of hydrogen-bond donors (Lipinski definition) is 0. The van der Waals surface area contributed by atoms with Crippen LogP contribution in [0, 0.1) is 35.4 Å². The molecule has 0 aliphatic carbocycles. The van der Waals surface area contributed by atoms with Gasteiger partial charge in [-0.15, -0.1) is 0 Å². The van der Waals surface area contributed by atoms with E-state index in [2.05, 4.69) is 33.7 Å². The van der Waals surface area contributed by atoms with E-state index < -0.39 is 5.82 Å². The van der Waals surface area contributed by atoms with Gasteiger partial charge in [0.25, 0.3) is 0 Å². The van der Waals surface area contributed by atoms with Crippen molar-refractivity contribution >= 4 is 23.2 Å². The van der Waals surface area contributed by atoms with Gasteiger partial charge in [0, 0.05) is 51.8 Å². The van der Waals surface area contributed by atoms with E-state index in [-0.39, 0.29) is 29.6 Å². The maximum Gasteiger partial charge on any atom is 0.219 e. The van der Waals surface area contributed by atoms with Crippen LogP contribution in [-0.2, 0) is 4.79 Å². The molecule has 8 nitrogen and oxygen atoms in total. The Morgan fingerprint density at radius 2 is 1.76 bits per heavy atom. The van der Waals surface area contributed by atoms with Crippen LogP contribution in [0.1, 0.15) is 55.5 Å². The van der Waals surface area contributed by atoms with Crippen molar-refractivity contribution in [3.63, 3.8) is 0 Å². The Morgan fingerprint density at radius 1 is 1.03 bits per heavy atom. The number of benzene rings is 1. The highest BCUT2D eigenvalue weighted by Gasteiger charge is 2.43. The highest BCUT2D eigenvalue weighted by atomic mass is 32.2. The minimum absolute atomic E-state index is 0.156. The Bertz CT molecular complexity index is 1660. The number of carbonyl (C=O) groups excluding carboxylic acids is 1. The quantitative estimate of drug-likeness (QED) is 0.360. The minimum Gasteiger partial charge on any atom is -0.337 e. The third kappa shape index (κ3) is 3.93. The summed E-state index contributed by atoms with van der Waals surface area (Å²) >= 11 is 1.31. The lowest BCUT2D eigenvalue weighted by Crippen LogP contribution is -2.46. The molecular weight excluding hydrogens is 501 g/mol. The first kappa shape index (κ1) is 24.2. The van der Waals surface area contributed by atoms with Crippen LogP contribution >= 0.6 is 11.8 Å². The molecule has 3 aromatic heterocycles. The molecule has 2 fully saturated rings. The molecule has 0 spiro atoms. The summed E-state index contributed by atoms with van der Waals surface area (Å²) in [6.45, 7) is 3.71. The van der Waals surface area contributed by atoms with Crippen LogP contribution in [0.2, 0.25) is 0 Å². The van der Waals surface area contributed by atoms with Crippen molar-refractivity contribution in [3.8, 4) is 23.3 Å². The van der Waals surface area contributed by atoms with Gasteiger partial charge in [-0.05, 0) is 56.9 Å². The lowest BCUT2D eigenvalue weighted by molar-refractivity contribution is -0.133. The van der Waals surface area contributed by atoms with Crippen molar-refractivity contribution in [3.05, 3.63) is 65.5 Å². The minimum atomic E-state index is -0.475. The highest BCUT2D eigenvalue weighted by Crippen LogP contribution is 2.42. The third-order valence-corrected chi connectivity index (χ3v) is 8.86. The van der Waals surface area contributed by atoms with Crippen LogP contribution in [0.25, 0.3) is 16.6 Å². The average molecular weight is 526 g/mol. The maximum atomic E-state index is 13.7. The predicted molar refractivity (Wildman–Crippen MR) is 139 cm³/mol. The molecule has 3 atom stereocenters. The number of rotatable bonds is 4. The second kappa shape index (κ2) is 9.30. The summed E-state index contributed by atoms with van der Waals surface area (Å²) in [5, 5.41) is 28.4. The fourth-order valence-corrected chi connectivity index (χ4v) is 7.20. The van der Waals surface area contributed by atoms with Gasteiger partial charge < -0.3 is 4.90 Å². The Morgan fingerprint density at radius 3 is 2.45 bits per heavy atom. The number of carbonyl (C=O) groups is 1. The molecule has 2 aliphatic heterocycles. The largest absolute Gasteiger partial charge is 0.337 e. The van der Waals surface area contributed by atoms with E-state index >= 15 is 0 Å². The smallest absolute Gasteiger partial charge is 0.219 e. The Hall–Kier alpha value is -4.15. The van der Waals surface area contributed by atoms with Crippen LogP contribution in [-0.4, -0.2) is 42.3 Å². The zero-order valence-corrected chi connectivity index (χ0v) is 21.7. The van der Waals surface area contributed by atoms with Crippen LogP contribution in [0.4, 0.5) is 4.39 Å². The molecule has 2 aliphatic rings. The number of halogens is 1. The molecule has 190 valence electrons. The van der Waals surface area contributed by atoms with Gasteiger partial charge in [0.2, 0.25) is 5.91 Å². The second-order valence-corrected chi connectivity index (χ2v) is 11.0. The molecule has 4 aromatic rings. The van der Waals surface area contributed by atoms with Gasteiger partial charge in [0.05, 0.1) is 35.1 Å². The van der Waals surface area contributed by atoms with E-state index in [1.807, 2.05) is 18.5 Å². The number of amides is 1. The topological polar surface area (TPSA) is 103 Å². The van der Waals surface area contributed by atoms with Gasteiger partial charge in [0.15, 0.2) is 0 Å². The molecule has 5 heterocycles. The summed E-state index contributed by atoms with van der Waals surface area (Å²) in [5.74, 6) is -0.318.